The average Bonchev–Trinajstić information content (AvgIpc) is 2.77. The zero-order valence-corrected chi connectivity index (χ0v) is 11.9. The third kappa shape index (κ3) is 4.58. The number of halogens is 1. The van der Waals surface area contributed by atoms with E-state index >= 15 is 0 Å². The number of aromatic nitrogens is 1. The number of hydrogen-bond donors (Lipinski definition) is 0. The van der Waals surface area contributed by atoms with E-state index in [-0.39, 0.29) is 0 Å². The molecular formula is C14H17ClN2O2. The van der Waals surface area contributed by atoms with Crippen molar-refractivity contribution in [2.45, 2.75) is 13.5 Å². The minimum absolute atomic E-state index is 0.616. The van der Waals surface area contributed by atoms with Gasteiger partial charge in [-0.15, -0.1) is 0 Å². The first-order chi connectivity index (χ1) is 9.13. The molecule has 0 radical (unpaired) electrons. The molecule has 0 saturated heterocycles. The van der Waals surface area contributed by atoms with Crippen molar-refractivity contribution in [1.29, 1.82) is 0 Å². The first-order valence-corrected chi connectivity index (χ1v) is 6.50. The second-order valence-electron chi connectivity index (χ2n) is 4.47. The minimum atomic E-state index is 0.616. The van der Waals surface area contributed by atoms with Gasteiger partial charge in [-0.3, -0.25) is 4.90 Å². The Bertz CT molecular complexity index is 510. The number of nitrogens with zero attached hydrogens (tertiary/aromatic N) is 2. The Kier molecular flexibility index (Phi) is 4.82. The van der Waals surface area contributed by atoms with E-state index in [0.717, 1.165) is 30.3 Å². The Morgan fingerprint density at radius 1 is 1.32 bits per heavy atom. The van der Waals surface area contributed by atoms with E-state index in [9.17, 15) is 0 Å². The van der Waals surface area contributed by atoms with Crippen molar-refractivity contribution in [1.82, 2.24) is 10.1 Å². The Balaban J connectivity index is 1.71. The predicted octanol–water partition coefficient (Wildman–Crippen LogP) is 3.15. The Morgan fingerprint density at radius 3 is 2.68 bits per heavy atom. The van der Waals surface area contributed by atoms with E-state index in [0.29, 0.717) is 11.6 Å². The second-order valence-corrected chi connectivity index (χ2v) is 4.91. The van der Waals surface area contributed by atoms with Gasteiger partial charge in [0.05, 0.1) is 12.2 Å². The SMILES string of the molecule is Cc1cc(CN(C)CCOc2ccc(Cl)cc2)on1. The van der Waals surface area contributed by atoms with Crippen LogP contribution in [0.2, 0.25) is 5.02 Å². The molecule has 1 aromatic carbocycles. The van der Waals surface area contributed by atoms with E-state index in [1.165, 1.54) is 0 Å². The van der Waals surface area contributed by atoms with Crippen LogP contribution in [0.25, 0.3) is 0 Å². The summed E-state index contributed by atoms with van der Waals surface area (Å²) >= 11 is 5.81. The van der Waals surface area contributed by atoms with Gasteiger partial charge < -0.3 is 9.26 Å². The molecule has 0 bridgehead atoms. The maximum absolute atomic E-state index is 5.81. The predicted molar refractivity (Wildman–Crippen MR) is 74.5 cm³/mol. The number of rotatable bonds is 6. The summed E-state index contributed by atoms with van der Waals surface area (Å²) < 4.78 is 10.8. The summed E-state index contributed by atoms with van der Waals surface area (Å²) in [5, 5.41) is 4.57. The van der Waals surface area contributed by atoms with Gasteiger partial charge in [0.15, 0.2) is 5.76 Å². The number of aryl methyl sites for hydroxylation is 1. The van der Waals surface area contributed by atoms with Crippen LogP contribution in [0, 0.1) is 6.92 Å². The molecule has 0 amide bonds. The lowest BCUT2D eigenvalue weighted by Crippen LogP contribution is -2.23. The maximum Gasteiger partial charge on any atom is 0.150 e. The molecule has 0 aliphatic rings. The highest BCUT2D eigenvalue weighted by molar-refractivity contribution is 6.30. The lowest BCUT2D eigenvalue weighted by Gasteiger charge is -2.15. The molecular weight excluding hydrogens is 264 g/mol. The maximum atomic E-state index is 5.81. The molecule has 0 aliphatic heterocycles. The van der Waals surface area contributed by atoms with Gasteiger partial charge in [0.1, 0.15) is 12.4 Å². The first-order valence-electron chi connectivity index (χ1n) is 6.12. The Labute approximate surface area is 117 Å². The van der Waals surface area contributed by atoms with Crippen LogP contribution in [-0.4, -0.2) is 30.3 Å². The molecule has 1 aromatic heterocycles. The summed E-state index contributed by atoms with van der Waals surface area (Å²) in [4.78, 5) is 2.12. The summed E-state index contributed by atoms with van der Waals surface area (Å²) in [6.07, 6.45) is 0. The molecule has 0 unspecified atom stereocenters. The lowest BCUT2D eigenvalue weighted by atomic mass is 10.3. The smallest absolute Gasteiger partial charge is 0.150 e. The van der Waals surface area contributed by atoms with Crippen LogP contribution in [0.1, 0.15) is 11.5 Å². The van der Waals surface area contributed by atoms with Crippen LogP contribution < -0.4 is 4.74 Å². The highest BCUT2D eigenvalue weighted by atomic mass is 35.5. The molecule has 0 aliphatic carbocycles. The van der Waals surface area contributed by atoms with Gasteiger partial charge in [-0.05, 0) is 38.2 Å². The fourth-order valence-corrected chi connectivity index (χ4v) is 1.81. The van der Waals surface area contributed by atoms with Gasteiger partial charge in [0.25, 0.3) is 0 Å². The molecule has 2 rings (SSSR count). The third-order valence-electron chi connectivity index (χ3n) is 2.66. The molecule has 102 valence electrons. The van der Waals surface area contributed by atoms with Gasteiger partial charge in [-0.25, -0.2) is 0 Å². The molecule has 4 nitrogen and oxygen atoms in total. The summed E-state index contributed by atoms with van der Waals surface area (Å²) in [6.45, 7) is 4.06. The van der Waals surface area contributed by atoms with Crippen molar-refractivity contribution in [3.63, 3.8) is 0 Å². The summed E-state index contributed by atoms with van der Waals surface area (Å²) in [5.74, 6) is 1.69. The molecule has 19 heavy (non-hydrogen) atoms. The van der Waals surface area contributed by atoms with Gasteiger partial charge in [0, 0.05) is 17.6 Å². The van der Waals surface area contributed by atoms with Crippen LogP contribution in [-0.2, 0) is 6.54 Å². The van der Waals surface area contributed by atoms with Crippen LogP contribution in [0.5, 0.6) is 5.75 Å². The Morgan fingerprint density at radius 2 is 2.05 bits per heavy atom. The van der Waals surface area contributed by atoms with E-state index in [1.807, 2.05) is 44.3 Å². The summed E-state index contributed by atoms with van der Waals surface area (Å²) in [7, 11) is 2.02. The van der Waals surface area contributed by atoms with Crippen molar-refractivity contribution in [3.8, 4) is 5.75 Å². The Hall–Kier alpha value is -1.52. The highest BCUT2D eigenvalue weighted by Crippen LogP contribution is 2.15. The normalized spacial score (nSPS) is 10.9. The fraction of sp³-hybridized carbons (Fsp3) is 0.357. The van der Waals surface area contributed by atoms with Crippen molar-refractivity contribution < 1.29 is 9.26 Å². The number of hydrogen-bond acceptors (Lipinski definition) is 4. The van der Waals surface area contributed by atoms with E-state index in [4.69, 9.17) is 20.9 Å². The largest absolute Gasteiger partial charge is 0.492 e. The average molecular weight is 281 g/mol. The van der Waals surface area contributed by atoms with E-state index in [2.05, 4.69) is 10.1 Å². The van der Waals surface area contributed by atoms with Crippen LogP contribution >= 0.6 is 11.6 Å². The summed E-state index contributed by atoms with van der Waals surface area (Å²) in [6, 6.07) is 9.30. The van der Waals surface area contributed by atoms with Crippen LogP contribution in [0.15, 0.2) is 34.9 Å². The van der Waals surface area contributed by atoms with Crippen LogP contribution in [0.3, 0.4) is 0 Å². The van der Waals surface area contributed by atoms with Crippen molar-refractivity contribution in [2.75, 3.05) is 20.2 Å². The fourth-order valence-electron chi connectivity index (χ4n) is 1.69. The standard InChI is InChI=1S/C14H17ClN2O2/c1-11-9-14(19-16-11)10-17(2)7-8-18-13-5-3-12(15)4-6-13/h3-6,9H,7-8,10H2,1-2H3. The van der Waals surface area contributed by atoms with Gasteiger partial charge in [-0.2, -0.15) is 0 Å². The van der Waals surface area contributed by atoms with Crippen molar-refractivity contribution >= 4 is 11.6 Å². The van der Waals surface area contributed by atoms with Crippen molar-refractivity contribution in [3.05, 3.63) is 46.8 Å². The minimum Gasteiger partial charge on any atom is -0.492 e. The summed E-state index contributed by atoms with van der Waals surface area (Å²) in [5.41, 5.74) is 0.904. The highest BCUT2D eigenvalue weighted by Gasteiger charge is 2.05. The molecule has 0 saturated carbocycles. The van der Waals surface area contributed by atoms with Gasteiger partial charge in [0.2, 0.25) is 0 Å². The number of likely N-dealkylation sites (N-methyl/N-ethyl adjacent to an activating group) is 1. The lowest BCUT2D eigenvalue weighted by molar-refractivity contribution is 0.215. The molecule has 2 aromatic rings. The molecule has 0 N–H and O–H groups in total. The number of benzene rings is 1. The molecule has 1 heterocycles. The number of ether oxygens (including phenoxy) is 1. The first kappa shape index (κ1) is 13.9. The van der Waals surface area contributed by atoms with Crippen molar-refractivity contribution in [2.24, 2.45) is 0 Å². The van der Waals surface area contributed by atoms with E-state index < -0.39 is 0 Å². The van der Waals surface area contributed by atoms with Gasteiger partial charge in [-0.1, -0.05) is 16.8 Å². The molecule has 0 atom stereocenters. The van der Waals surface area contributed by atoms with Crippen LogP contribution in [0.4, 0.5) is 0 Å². The molecule has 0 fully saturated rings. The van der Waals surface area contributed by atoms with Gasteiger partial charge >= 0.3 is 0 Å². The zero-order valence-electron chi connectivity index (χ0n) is 11.1. The molecule has 0 spiro atoms. The molecule has 5 heteroatoms. The third-order valence-corrected chi connectivity index (χ3v) is 2.91. The monoisotopic (exact) mass is 280 g/mol. The topological polar surface area (TPSA) is 38.5 Å². The zero-order chi connectivity index (χ0) is 13.7. The quantitative estimate of drug-likeness (QED) is 0.815. The van der Waals surface area contributed by atoms with E-state index in [1.54, 1.807) is 0 Å². The second kappa shape index (κ2) is 6.59.